The van der Waals surface area contributed by atoms with Gasteiger partial charge >= 0.3 is 5.97 Å². The van der Waals surface area contributed by atoms with Crippen molar-refractivity contribution < 1.29 is 33.0 Å². The third-order valence-electron chi connectivity index (χ3n) is 10.1. The highest BCUT2D eigenvalue weighted by Crippen LogP contribution is 2.71. The molecule has 1 N–H and O–H groups in total. The molecule has 0 unspecified atom stereocenters. The van der Waals surface area contributed by atoms with Gasteiger partial charge in [0.2, 0.25) is 5.78 Å². The zero-order valence-electron chi connectivity index (χ0n) is 21.5. The minimum atomic E-state index is -2.25. The van der Waals surface area contributed by atoms with Crippen LogP contribution < -0.4 is 0 Å². The molecule has 36 heavy (non-hydrogen) atoms. The summed E-state index contributed by atoms with van der Waals surface area (Å²) in [6.07, 6.45) is 4.13. The molecule has 3 saturated carbocycles. The van der Waals surface area contributed by atoms with Crippen LogP contribution in [0.1, 0.15) is 79.1 Å². The molecule has 8 heteroatoms. The molecule has 5 nitrogen and oxygen atoms in total. The zero-order valence-corrected chi connectivity index (χ0v) is 22.3. The van der Waals surface area contributed by atoms with Gasteiger partial charge in [0.25, 0.3) is 0 Å². The van der Waals surface area contributed by atoms with Gasteiger partial charge in [-0.1, -0.05) is 39.7 Å². The Bertz CT molecular complexity index is 1030. The number of carbonyl (C=O) groups is 3. The molecule has 0 aliphatic heterocycles. The van der Waals surface area contributed by atoms with Gasteiger partial charge in [0, 0.05) is 29.1 Å². The average Bonchev–Trinajstić information content (AvgIpc) is 3.04. The SMILES string of the molecule is CCCCCC(=O)O[C@@]1(C(=O)CCl)[C@H](C)C[C@H]2[C@@H]3CCC4=C(F)C(=O)C=C[C@]4(C)[C@@]3(F)[C@@H](O)C[C@@]21C. The quantitative estimate of drug-likeness (QED) is 0.266. The van der Waals surface area contributed by atoms with E-state index in [1.165, 1.54) is 6.08 Å². The van der Waals surface area contributed by atoms with E-state index in [1.807, 2.05) is 20.8 Å². The van der Waals surface area contributed by atoms with E-state index >= 15 is 4.39 Å². The Balaban J connectivity index is 1.78. The van der Waals surface area contributed by atoms with Crippen LogP contribution in [0.15, 0.2) is 23.6 Å². The molecule has 0 spiro atoms. The van der Waals surface area contributed by atoms with E-state index in [4.69, 9.17) is 16.3 Å². The number of rotatable bonds is 7. The summed E-state index contributed by atoms with van der Waals surface area (Å²) in [5, 5.41) is 11.5. The van der Waals surface area contributed by atoms with Crippen LogP contribution in [0.25, 0.3) is 0 Å². The highest BCUT2D eigenvalue weighted by Gasteiger charge is 2.77. The molecule has 4 aliphatic rings. The zero-order chi connectivity index (χ0) is 26.7. The van der Waals surface area contributed by atoms with Crippen molar-refractivity contribution in [3.63, 3.8) is 0 Å². The van der Waals surface area contributed by atoms with Gasteiger partial charge in [-0.3, -0.25) is 14.4 Å². The number of Topliss-reactive ketones (excluding diaryl/α,β-unsaturated/α-hetero) is 1. The fourth-order valence-electron chi connectivity index (χ4n) is 8.33. The van der Waals surface area contributed by atoms with Crippen LogP contribution in [0.2, 0.25) is 0 Å². The fourth-order valence-corrected chi connectivity index (χ4v) is 8.53. The fraction of sp³-hybridized carbons (Fsp3) is 0.750. The van der Waals surface area contributed by atoms with Crippen molar-refractivity contribution in [1.29, 1.82) is 0 Å². The predicted octanol–water partition coefficient (Wildman–Crippen LogP) is 5.57. The second-order valence-corrected chi connectivity index (χ2v) is 12.0. The second kappa shape index (κ2) is 9.30. The molecule has 3 fully saturated rings. The lowest BCUT2D eigenvalue weighted by molar-refractivity contribution is -0.227. The number of halogens is 3. The summed E-state index contributed by atoms with van der Waals surface area (Å²) >= 11 is 6.07. The van der Waals surface area contributed by atoms with Gasteiger partial charge in [0.15, 0.2) is 22.9 Å². The van der Waals surface area contributed by atoms with Crippen molar-refractivity contribution in [3.8, 4) is 0 Å². The summed E-state index contributed by atoms with van der Waals surface area (Å²) in [7, 11) is 0. The normalized spacial score (nSPS) is 43.6. The molecular weight excluding hydrogens is 490 g/mol. The molecule has 0 heterocycles. The number of fused-ring (bicyclic) bond motifs is 5. The highest BCUT2D eigenvalue weighted by atomic mass is 35.5. The molecule has 0 aromatic carbocycles. The number of carbonyl (C=O) groups excluding carboxylic acids is 3. The lowest BCUT2D eigenvalue weighted by atomic mass is 9.44. The summed E-state index contributed by atoms with van der Waals surface area (Å²) in [6, 6.07) is 0. The Labute approximate surface area is 216 Å². The number of allylic oxidation sites excluding steroid dienone is 4. The standard InChI is InChI=1S/C28H37ClF2O5/c1-5-6-7-8-23(35)36-28(22(34)15-29)16(2)13-19-17-9-10-18-24(30)20(32)11-12-25(18,3)27(17,31)21(33)14-26(19,28)4/h11-12,16-17,19,21,33H,5-10,13-15H2,1-4H3/t16-,17+,19+,21+,25+,26+,27+,28-/m1/s1. The Hall–Kier alpha value is -1.60. The molecule has 4 rings (SSSR count). The van der Waals surface area contributed by atoms with E-state index in [9.17, 15) is 23.9 Å². The average molecular weight is 527 g/mol. The maximum atomic E-state index is 17.3. The summed E-state index contributed by atoms with van der Waals surface area (Å²) in [5.41, 5.74) is -6.28. The molecule has 0 bridgehead atoms. The smallest absolute Gasteiger partial charge is 0.306 e. The third-order valence-corrected chi connectivity index (χ3v) is 10.3. The summed E-state index contributed by atoms with van der Waals surface area (Å²) < 4.78 is 38.3. The van der Waals surface area contributed by atoms with E-state index in [1.54, 1.807) is 6.92 Å². The molecule has 200 valence electrons. The Morgan fingerprint density at radius 2 is 1.94 bits per heavy atom. The maximum Gasteiger partial charge on any atom is 0.306 e. The van der Waals surface area contributed by atoms with E-state index < -0.39 is 69.3 Å². The van der Waals surface area contributed by atoms with Crippen LogP contribution >= 0.6 is 11.6 Å². The summed E-state index contributed by atoms with van der Waals surface area (Å²) in [5.74, 6) is -4.58. The first-order valence-electron chi connectivity index (χ1n) is 13.2. The molecular formula is C28H37ClF2O5. The monoisotopic (exact) mass is 526 g/mol. The van der Waals surface area contributed by atoms with Crippen molar-refractivity contribution in [2.75, 3.05) is 5.88 Å². The number of ketones is 2. The van der Waals surface area contributed by atoms with Gasteiger partial charge in [-0.05, 0) is 56.6 Å². The van der Waals surface area contributed by atoms with Crippen molar-refractivity contribution in [3.05, 3.63) is 23.6 Å². The van der Waals surface area contributed by atoms with Crippen LogP contribution in [0, 0.1) is 28.6 Å². The van der Waals surface area contributed by atoms with Crippen LogP contribution in [-0.4, -0.2) is 45.9 Å². The Kier molecular flexibility index (Phi) is 7.09. The van der Waals surface area contributed by atoms with Crippen LogP contribution in [0.3, 0.4) is 0 Å². The van der Waals surface area contributed by atoms with E-state index in [0.717, 1.165) is 18.9 Å². The molecule has 8 atom stereocenters. The summed E-state index contributed by atoms with van der Waals surface area (Å²) in [4.78, 5) is 38.5. The number of hydrogen-bond donors (Lipinski definition) is 1. The Morgan fingerprint density at radius 3 is 2.58 bits per heavy atom. The topological polar surface area (TPSA) is 80.7 Å². The first kappa shape index (κ1) is 27.4. The van der Waals surface area contributed by atoms with Gasteiger partial charge in [0.1, 0.15) is 0 Å². The first-order chi connectivity index (χ1) is 16.8. The molecule has 0 aromatic rings. The lowest BCUT2D eigenvalue weighted by Gasteiger charge is -2.62. The molecule has 0 saturated heterocycles. The number of esters is 1. The third kappa shape index (κ3) is 3.44. The molecule has 0 amide bonds. The minimum absolute atomic E-state index is 0.0906. The number of alkyl halides is 2. The van der Waals surface area contributed by atoms with Gasteiger partial charge in [0.05, 0.1) is 12.0 Å². The van der Waals surface area contributed by atoms with Gasteiger partial charge in [-0.2, -0.15) is 0 Å². The van der Waals surface area contributed by atoms with Gasteiger partial charge < -0.3 is 9.84 Å². The first-order valence-corrected chi connectivity index (χ1v) is 13.7. The maximum absolute atomic E-state index is 17.3. The van der Waals surface area contributed by atoms with Gasteiger partial charge in [-0.15, -0.1) is 11.6 Å². The number of hydrogen-bond acceptors (Lipinski definition) is 5. The number of ether oxygens (including phenoxy) is 1. The minimum Gasteiger partial charge on any atom is -0.450 e. The van der Waals surface area contributed by atoms with Gasteiger partial charge in [-0.25, -0.2) is 8.78 Å². The second-order valence-electron chi connectivity index (χ2n) is 11.7. The van der Waals surface area contributed by atoms with E-state index in [0.29, 0.717) is 12.8 Å². The van der Waals surface area contributed by atoms with Crippen molar-refractivity contribution in [2.24, 2.45) is 28.6 Å². The van der Waals surface area contributed by atoms with Crippen LogP contribution in [0.5, 0.6) is 0 Å². The lowest BCUT2D eigenvalue weighted by Crippen LogP contribution is -2.70. The molecule has 0 radical (unpaired) electrons. The highest BCUT2D eigenvalue weighted by molar-refractivity contribution is 6.29. The summed E-state index contributed by atoms with van der Waals surface area (Å²) in [6.45, 7) is 7.21. The Morgan fingerprint density at radius 1 is 1.25 bits per heavy atom. The van der Waals surface area contributed by atoms with Crippen molar-refractivity contribution in [2.45, 2.75) is 96.4 Å². The number of aliphatic hydroxyl groups is 1. The number of unbranched alkanes of at least 4 members (excludes halogenated alkanes) is 2. The van der Waals surface area contributed by atoms with E-state index in [2.05, 4.69) is 0 Å². The molecule has 0 aromatic heterocycles. The van der Waals surface area contributed by atoms with Crippen molar-refractivity contribution in [1.82, 2.24) is 0 Å². The predicted molar refractivity (Wildman–Crippen MR) is 132 cm³/mol. The molecule has 4 aliphatic carbocycles. The van der Waals surface area contributed by atoms with Crippen LogP contribution in [-0.2, 0) is 19.1 Å². The van der Waals surface area contributed by atoms with Crippen molar-refractivity contribution >= 4 is 29.1 Å². The largest absolute Gasteiger partial charge is 0.450 e. The number of aliphatic hydroxyl groups excluding tert-OH is 1. The van der Waals surface area contributed by atoms with E-state index in [-0.39, 0.29) is 37.1 Å². The van der Waals surface area contributed by atoms with Crippen LogP contribution in [0.4, 0.5) is 8.78 Å².